The van der Waals surface area contributed by atoms with Gasteiger partial charge in [0.2, 0.25) is 11.8 Å². The summed E-state index contributed by atoms with van der Waals surface area (Å²) in [5, 5.41) is 8.37. The molecule has 1 saturated heterocycles. The molecular formula is C23H34N4O2S. The minimum Gasteiger partial charge on any atom is -0.347 e. The molecule has 164 valence electrons. The lowest BCUT2D eigenvalue weighted by atomic mass is 9.49. The third kappa shape index (κ3) is 4.72. The number of carbonyl (C=O) groups excluding carboxylic acids is 2. The Kier molecular flexibility index (Phi) is 5.84. The van der Waals surface area contributed by atoms with Crippen LogP contribution in [0.5, 0.6) is 0 Å². The summed E-state index contributed by atoms with van der Waals surface area (Å²) < 4.78 is 0. The molecule has 6 nitrogen and oxygen atoms in total. The second-order valence-corrected chi connectivity index (χ2v) is 11.3. The fourth-order valence-electron chi connectivity index (χ4n) is 7.04. The predicted molar refractivity (Wildman–Crippen MR) is 118 cm³/mol. The highest BCUT2D eigenvalue weighted by molar-refractivity contribution is 7.13. The highest BCUT2D eigenvalue weighted by Gasteiger charge is 2.51. The molecule has 0 aromatic carbocycles. The minimum atomic E-state index is -0.187. The Labute approximate surface area is 183 Å². The van der Waals surface area contributed by atoms with Gasteiger partial charge in [-0.05, 0) is 87.6 Å². The molecule has 4 saturated carbocycles. The number of rotatable bonds is 7. The Morgan fingerprint density at radius 3 is 2.37 bits per heavy atom. The number of amides is 2. The van der Waals surface area contributed by atoms with E-state index in [-0.39, 0.29) is 23.8 Å². The lowest BCUT2D eigenvalue weighted by Crippen LogP contribution is -2.48. The number of hydrogen-bond acceptors (Lipinski definition) is 5. The van der Waals surface area contributed by atoms with Crippen LogP contribution in [0.15, 0.2) is 5.38 Å². The van der Waals surface area contributed by atoms with Crippen LogP contribution in [0.3, 0.4) is 0 Å². The topological polar surface area (TPSA) is 74.3 Å². The Balaban J connectivity index is 1.06. The van der Waals surface area contributed by atoms with Crippen LogP contribution in [0.25, 0.3) is 0 Å². The summed E-state index contributed by atoms with van der Waals surface area (Å²) in [6, 6.07) is 0. The van der Waals surface area contributed by atoms with E-state index < -0.39 is 0 Å². The van der Waals surface area contributed by atoms with Crippen molar-refractivity contribution in [1.29, 1.82) is 0 Å². The molecule has 4 bridgehead atoms. The molecule has 1 aromatic rings. The molecule has 5 aliphatic rings. The number of nitrogens with zero attached hydrogens (tertiary/aromatic N) is 2. The molecule has 0 atom stereocenters. The molecule has 0 radical (unpaired) electrons. The number of carbonyl (C=O) groups is 2. The maximum absolute atomic E-state index is 12.6. The van der Waals surface area contributed by atoms with Crippen LogP contribution < -0.4 is 10.6 Å². The fourth-order valence-corrected chi connectivity index (χ4v) is 7.75. The van der Waals surface area contributed by atoms with Gasteiger partial charge in [0, 0.05) is 18.3 Å². The van der Waals surface area contributed by atoms with Crippen LogP contribution in [0, 0.1) is 23.2 Å². The van der Waals surface area contributed by atoms with Crippen molar-refractivity contribution in [2.45, 2.75) is 70.8 Å². The number of likely N-dealkylation sites (tertiary alicyclic amines) is 1. The van der Waals surface area contributed by atoms with Crippen molar-refractivity contribution in [3.63, 3.8) is 0 Å². The van der Waals surface area contributed by atoms with Crippen molar-refractivity contribution in [2.75, 3.05) is 25.0 Å². The zero-order valence-electron chi connectivity index (χ0n) is 17.8. The van der Waals surface area contributed by atoms with E-state index in [1.807, 2.05) is 5.38 Å². The molecule has 1 aromatic heterocycles. The van der Waals surface area contributed by atoms with Gasteiger partial charge in [0.15, 0.2) is 5.13 Å². The maximum atomic E-state index is 12.6. The number of thiazole rings is 1. The van der Waals surface area contributed by atoms with E-state index in [0.29, 0.717) is 11.6 Å². The molecule has 7 heteroatoms. The second-order valence-electron chi connectivity index (χ2n) is 10.4. The molecule has 5 fully saturated rings. The standard InChI is InChI=1S/C23H34N4O2S/c28-20(12-23-9-16-6-17(10-23)8-18(7-16)11-23)24-13-21(29)26-22-25-19(15-30-22)14-27-4-2-1-3-5-27/h15-18H,1-14H2,(H,24,28)(H,25,26,29). The first kappa shape index (κ1) is 20.4. The van der Waals surface area contributed by atoms with E-state index >= 15 is 0 Å². The molecule has 2 N–H and O–H groups in total. The predicted octanol–water partition coefficient (Wildman–Crippen LogP) is 3.79. The SMILES string of the molecule is O=C(CC12CC3CC(CC(C3)C1)C2)NCC(=O)Nc1nc(CN2CCCCC2)cs1. The van der Waals surface area contributed by atoms with E-state index in [4.69, 9.17) is 0 Å². The molecule has 0 spiro atoms. The van der Waals surface area contributed by atoms with Crippen molar-refractivity contribution in [3.05, 3.63) is 11.1 Å². The molecule has 1 aliphatic heterocycles. The highest BCUT2D eigenvalue weighted by Crippen LogP contribution is 2.61. The summed E-state index contributed by atoms with van der Waals surface area (Å²) in [4.78, 5) is 31.9. The van der Waals surface area contributed by atoms with Crippen molar-refractivity contribution in [2.24, 2.45) is 23.2 Å². The smallest absolute Gasteiger partial charge is 0.245 e. The maximum Gasteiger partial charge on any atom is 0.245 e. The fraction of sp³-hybridized carbons (Fsp3) is 0.783. The van der Waals surface area contributed by atoms with Crippen molar-refractivity contribution in [3.8, 4) is 0 Å². The van der Waals surface area contributed by atoms with Crippen LogP contribution >= 0.6 is 11.3 Å². The van der Waals surface area contributed by atoms with Crippen LogP contribution in [0.4, 0.5) is 5.13 Å². The minimum absolute atomic E-state index is 0.0340. The van der Waals surface area contributed by atoms with Gasteiger partial charge < -0.3 is 10.6 Å². The first-order valence-electron chi connectivity index (χ1n) is 11.8. The van der Waals surface area contributed by atoms with Crippen molar-refractivity contribution in [1.82, 2.24) is 15.2 Å². The van der Waals surface area contributed by atoms with Crippen LogP contribution in [0.2, 0.25) is 0 Å². The van der Waals surface area contributed by atoms with E-state index in [1.54, 1.807) is 0 Å². The number of nitrogens with one attached hydrogen (secondary N) is 2. The van der Waals surface area contributed by atoms with E-state index in [0.717, 1.165) is 43.1 Å². The third-order valence-electron chi connectivity index (χ3n) is 7.78. The second kappa shape index (κ2) is 8.58. The monoisotopic (exact) mass is 430 g/mol. The molecule has 6 rings (SSSR count). The van der Waals surface area contributed by atoms with Gasteiger partial charge in [-0.25, -0.2) is 4.98 Å². The Hall–Kier alpha value is -1.47. The summed E-state index contributed by atoms with van der Waals surface area (Å²) >= 11 is 1.46. The molecule has 0 unspecified atom stereocenters. The molecular weight excluding hydrogens is 396 g/mol. The summed E-state index contributed by atoms with van der Waals surface area (Å²) in [6.07, 6.45) is 12.3. The average Bonchev–Trinajstić information content (AvgIpc) is 3.12. The number of piperidine rings is 1. The normalized spacial score (nSPS) is 32.9. The first-order chi connectivity index (χ1) is 14.6. The van der Waals surface area contributed by atoms with E-state index in [9.17, 15) is 9.59 Å². The van der Waals surface area contributed by atoms with Gasteiger partial charge in [-0.15, -0.1) is 11.3 Å². The Bertz CT molecular complexity index is 751. The molecule has 4 aliphatic carbocycles. The van der Waals surface area contributed by atoms with Gasteiger partial charge in [-0.2, -0.15) is 0 Å². The lowest BCUT2D eigenvalue weighted by molar-refractivity contribution is -0.131. The third-order valence-corrected chi connectivity index (χ3v) is 8.59. The molecule has 2 heterocycles. The lowest BCUT2D eigenvalue weighted by Gasteiger charge is -2.56. The number of aromatic nitrogens is 1. The number of anilines is 1. The van der Waals surface area contributed by atoms with Gasteiger partial charge in [-0.1, -0.05) is 6.42 Å². The zero-order valence-corrected chi connectivity index (χ0v) is 18.6. The summed E-state index contributed by atoms with van der Waals surface area (Å²) in [7, 11) is 0. The first-order valence-corrected chi connectivity index (χ1v) is 12.7. The summed E-state index contributed by atoms with van der Waals surface area (Å²) in [6.45, 7) is 3.16. The molecule has 2 amide bonds. The molecule has 30 heavy (non-hydrogen) atoms. The Morgan fingerprint density at radius 2 is 1.70 bits per heavy atom. The van der Waals surface area contributed by atoms with Gasteiger partial charge in [0.05, 0.1) is 12.2 Å². The highest BCUT2D eigenvalue weighted by atomic mass is 32.1. The van der Waals surface area contributed by atoms with Gasteiger partial charge in [0.1, 0.15) is 0 Å². The largest absolute Gasteiger partial charge is 0.347 e. The van der Waals surface area contributed by atoms with Crippen molar-refractivity contribution < 1.29 is 9.59 Å². The average molecular weight is 431 g/mol. The summed E-state index contributed by atoms with van der Waals surface area (Å²) in [5.41, 5.74) is 1.23. The van der Waals surface area contributed by atoms with Crippen LogP contribution in [-0.4, -0.2) is 41.3 Å². The quantitative estimate of drug-likeness (QED) is 0.690. The van der Waals surface area contributed by atoms with Crippen LogP contribution in [0.1, 0.15) is 69.9 Å². The van der Waals surface area contributed by atoms with Gasteiger partial charge in [-0.3, -0.25) is 14.5 Å². The number of hydrogen-bond donors (Lipinski definition) is 2. The zero-order chi connectivity index (χ0) is 20.6. The van der Waals surface area contributed by atoms with Gasteiger partial charge in [0.25, 0.3) is 0 Å². The van der Waals surface area contributed by atoms with E-state index in [1.165, 1.54) is 69.1 Å². The van der Waals surface area contributed by atoms with Crippen LogP contribution in [-0.2, 0) is 16.1 Å². The van der Waals surface area contributed by atoms with Gasteiger partial charge >= 0.3 is 0 Å². The summed E-state index contributed by atoms with van der Waals surface area (Å²) in [5.74, 6) is 2.38. The Morgan fingerprint density at radius 1 is 1.03 bits per heavy atom. The van der Waals surface area contributed by atoms with Crippen molar-refractivity contribution >= 4 is 28.3 Å². The van der Waals surface area contributed by atoms with E-state index in [2.05, 4.69) is 20.5 Å².